The van der Waals surface area contributed by atoms with Crippen LogP contribution in [-0.4, -0.2) is 28.6 Å². The van der Waals surface area contributed by atoms with Gasteiger partial charge in [-0.2, -0.15) is 13.2 Å². The minimum absolute atomic E-state index is 0.545. The molecule has 0 atom stereocenters. The number of aromatic nitrogens is 3. The van der Waals surface area contributed by atoms with Crippen LogP contribution in [0.4, 0.5) is 18.9 Å². The van der Waals surface area contributed by atoms with Gasteiger partial charge in [0.1, 0.15) is 11.4 Å². The van der Waals surface area contributed by atoms with Gasteiger partial charge in [-0.05, 0) is 48.4 Å². The topological polar surface area (TPSA) is 43.2 Å². The number of anilines is 1. The fourth-order valence-electron chi connectivity index (χ4n) is 3.55. The maximum Gasteiger partial charge on any atom is 0.416 e. The third-order valence-corrected chi connectivity index (χ3v) is 5.21. The van der Waals surface area contributed by atoms with E-state index in [1.807, 2.05) is 33.8 Å². The van der Waals surface area contributed by atoms with E-state index in [-0.39, 0.29) is 0 Å². The highest BCUT2D eigenvalue weighted by Gasteiger charge is 2.30. The second-order valence-electron chi connectivity index (χ2n) is 7.02. The Labute approximate surface area is 166 Å². The molecule has 0 unspecified atom stereocenters. The molecule has 1 aliphatic rings. The molecule has 0 saturated carbocycles. The van der Waals surface area contributed by atoms with Crippen molar-refractivity contribution in [1.82, 2.24) is 15.0 Å². The number of hydrogen-bond donors (Lipinski definition) is 0. The minimum atomic E-state index is -4.32. The highest BCUT2D eigenvalue weighted by Crippen LogP contribution is 2.31. The summed E-state index contributed by atoms with van der Waals surface area (Å²) in [6.07, 6.45) is -2.73. The second kappa shape index (κ2) is 7.77. The van der Waals surface area contributed by atoms with Gasteiger partial charge in [-0.3, -0.25) is 0 Å². The van der Waals surface area contributed by atoms with Crippen LogP contribution < -0.4 is 9.64 Å². The molecule has 0 aliphatic carbocycles. The van der Waals surface area contributed by atoms with Crippen LogP contribution in [0.1, 0.15) is 22.5 Å². The van der Waals surface area contributed by atoms with Crippen molar-refractivity contribution in [2.45, 2.75) is 32.1 Å². The van der Waals surface area contributed by atoms with Crippen molar-refractivity contribution in [3.05, 3.63) is 71.0 Å². The van der Waals surface area contributed by atoms with Gasteiger partial charge in [-0.15, -0.1) is 5.10 Å². The van der Waals surface area contributed by atoms with Crippen LogP contribution in [0.5, 0.6) is 5.75 Å². The molecule has 4 rings (SSSR count). The molecule has 0 bridgehead atoms. The van der Waals surface area contributed by atoms with E-state index in [2.05, 4.69) is 10.3 Å². The van der Waals surface area contributed by atoms with E-state index < -0.39 is 11.7 Å². The normalized spacial score (nSPS) is 14.0. The minimum Gasteiger partial charge on any atom is -0.497 e. The predicted molar refractivity (Wildman–Crippen MR) is 103 cm³/mol. The van der Waals surface area contributed by atoms with Crippen molar-refractivity contribution in [3.63, 3.8) is 0 Å². The van der Waals surface area contributed by atoms with Gasteiger partial charge in [0.15, 0.2) is 0 Å². The Morgan fingerprint density at radius 3 is 2.41 bits per heavy atom. The van der Waals surface area contributed by atoms with Gasteiger partial charge < -0.3 is 9.64 Å². The Morgan fingerprint density at radius 1 is 1.03 bits per heavy atom. The first-order valence-electron chi connectivity index (χ1n) is 9.40. The molecule has 0 fully saturated rings. The number of aryl methyl sites for hydroxylation is 2. The Hall–Kier alpha value is -3.03. The Balaban J connectivity index is 1.41. The van der Waals surface area contributed by atoms with E-state index in [0.717, 1.165) is 54.3 Å². The SMILES string of the molecule is COc1ccc(CCn2nnc3c2CCN(c2ccc(C(F)(F)F)cc2)C3)cc1. The van der Waals surface area contributed by atoms with Crippen molar-refractivity contribution >= 4 is 5.69 Å². The quantitative estimate of drug-likeness (QED) is 0.644. The van der Waals surface area contributed by atoms with Crippen LogP contribution in [0.15, 0.2) is 48.5 Å². The number of fused-ring (bicyclic) bond motifs is 1. The first-order chi connectivity index (χ1) is 13.9. The van der Waals surface area contributed by atoms with Crippen LogP contribution >= 0.6 is 0 Å². The lowest BCUT2D eigenvalue weighted by Crippen LogP contribution is -2.31. The summed E-state index contributed by atoms with van der Waals surface area (Å²) in [7, 11) is 1.64. The van der Waals surface area contributed by atoms with Crippen LogP contribution in [0.2, 0.25) is 0 Å². The van der Waals surface area contributed by atoms with E-state index in [9.17, 15) is 13.2 Å². The van der Waals surface area contributed by atoms with Gasteiger partial charge in [0.05, 0.1) is 24.9 Å². The summed E-state index contributed by atoms with van der Waals surface area (Å²) in [6, 6.07) is 13.2. The molecule has 152 valence electrons. The third-order valence-electron chi connectivity index (χ3n) is 5.21. The lowest BCUT2D eigenvalue weighted by atomic mass is 10.1. The summed E-state index contributed by atoms with van der Waals surface area (Å²) in [5, 5.41) is 8.59. The summed E-state index contributed by atoms with van der Waals surface area (Å²) >= 11 is 0. The average molecular weight is 402 g/mol. The fraction of sp³-hybridized carbons (Fsp3) is 0.333. The summed E-state index contributed by atoms with van der Waals surface area (Å²) in [6.45, 7) is 1.99. The summed E-state index contributed by atoms with van der Waals surface area (Å²) in [5.74, 6) is 0.829. The molecule has 1 aromatic heterocycles. The molecule has 2 aromatic carbocycles. The van der Waals surface area contributed by atoms with E-state index in [1.165, 1.54) is 17.7 Å². The molecule has 1 aliphatic heterocycles. The van der Waals surface area contributed by atoms with Gasteiger partial charge in [0.25, 0.3) is 0 Å². The zero-order chi connectivity index (χ0) is 20.4. The standard InChI is InChI=1S/C21H21F3N4O/c1-29-18-8-2-15(3-9-18)10-13-28-20-11-12-27(14-19(20)25-26-28)17-6-4-16(5-7-17)21(22,23)24/h2-9H,10-14H2,1H3. The number of ether oxygens (including phenoxy) is 1. The molecule has 0 radical (unpaired) electrons. The first-order valence-corrected chi connectivity index (χ1v) is 9.40. The van der Waals surface area contributed by atoms with E-state index in [1.54, 1.807) is 7.11 Å². The number of halogens is 3. The van der Waals surface area contributed by atoms with Gasteiger partial charge in [-0.1, -0.05) is 17.3 Å². The van der Waals surface area contributed by atoms with Gasteiger partial charge in [-0.25, -0.2) is 4.68 Å². The van der Waals surface area contributed by atoms with E-state index in [0.29, 0.717) is 13.1 Å². The molecule has 0 N–H and O–H groups in total. The zero-order valence-electron chi connectivity index (χ0n) is 16.0. The molecule has 2 heterocycles. The summed E-state index contributed by atoms with van der Waals surface area (Å²) in [5.41, 5.74) is 3.30. The number of nitrogens with zero attached hydrogens (tertiary/aromatic N) is 4. The smallest absolute Gasteiger partial charge is 0.416 e. The number of hydrogen-bond acceptors (Lipinski definition) is 4. The summed E-state index contributed by atoms with van der Waals surface area (Å²) in [4.78, 5) is 2.03. The number of alkyl halides is 3. The average Bonchev–Trinajstić information content (AvgIpc) is 3.14. The lowest BCUT2D eigenvalue weighted by molar-refractivity contribution is -0.137. The van der Waals surface area contributed by atoms with Gasteiger partial charge in [0, 0.05) is 25.2 Å². The van der Waals surface area contributed by atoms with Crippen LogP contribution in [-0.2, 0) is 32.1 Å². The molecule has 5 nitrogen and oxygen atoms in total. The predicted octanol–water partition coefficient (Wildman–Crippen LogP) is 4.11. The van der Waals surface area contributed by atoms with Crippen molar-refractivity contribution in [2.75, 3.05) is 18.6 Å². The summed E-state index contributed by atoms with van der Waals surface area (Å²) < 4.78 is 45.4. The zero-order valence-corrected chi connectivity index (χ0v) is 16.0. The van der Waals surface area contributed by atoms with E-state index in [4.69, 9.17) is 4.74 Å². The molecule has 29 heavy (non-hydrogen) atoms. The van der Waals surface area contributed by atoms with Crippen molar-refractivity contribution in [1.29, 1.82) is 0 Å². The lowest BCUT2D eigenvalue weighted by Gasteiger charge is -2.28. The molecule has 3 aromatic rings. The largest absolute Gasteiger partial charge is 0.497 e. The molecule has 0 saturated heterocycles. The Morgan fingerprint density at radius 2 is 1.76 bits per heavy atom. The Bertz CT molecular complexity index is 965. The highest BCUT2D eigenvalue weighted by molar-refractivity contribution is 5.49. The molecular formula is C21H21F3N4O. The van der Waals surface area contributed by atoms with Gasteiger partial charge >= 0.3 is 6.18 Å². The Kier molecular flexibility index (Phi) is 5.17. The maximum absolute atomic E-state index is 12.8. The first kappa shape index (κ1) is 19.3. The molecular weight excluding hydrogens is 381 g/mol. The molecule has 0 amide bonds. The third kappa shape index (κ3) is 4.21. The van der Waals surface area contributed by atoms with Crippen LogP contribution in [0.3, 0.4) is 0 Å². The molecule has 0 spiro atoms. The number of benzene rings is 2. The van der Waals surface area contributed by atoms with E-state index >= 15 is 0 Å². The van der Waals surface area contributed by atoms with Crippen molar-refractivity contribution in [2.24, 2.45) is 0 Å². The number of methoxy groups -OCH3 is 1. The van der Waals surface area contributed by atoms with Gasteiger partial charge in [0.2, 0.25) is 0 Å². The second-order valence-corrected chi connectivity index (χ2v) is 7.02. The maximum atomic E-state index is 12.8. The highest BCUT2D eigenvalue weighted by atomic mass is 19.4. The van der Waals surface area contributed by atoms with Crippen molar-refractivity contribution < 1.29 is 17.9 Å². The van der Waals surface area contributed by atoms with Crippen LogP contribution in [0, 0.1) is 0 Å². The molecule has 8 heteroatoms. The van der Waals surface area contributed by atoms with Crippen LogP contribution in [0.25, 0.3) is 0 Å². The monoisotopic (exact) mass is 402 g/mol. The number of rotatable bonds is 5. The fourth-order valence-corrected chi connectivity index (χ4v) is 3.55. The van der Waals surface area contributed by atoms with Crippen molar-refractivity contribution in [3.8, 4) is 5.75 Å².